The average Bonchev–Trinajstić information content (AvgIpc) is 2.54. The van der Waals surface area contributed by atoms with Gasteiger partial charge in [-0.25, -0.2) is 4.99 Å². The van der Waals surface area contributed by atoms with E-state index in [4.69, 9.17) is 10.5 Å². The van der Waals surface area contributed by atoms with Gasteiger partial charge in [-0.05, 0) is 43.4 Å². The molecule has 0 bridgehead atoms. The van der Waals surface area contributed by atoms with Gasteiger partial charge in [0.25, 0.3) is 0 Å². The zero-order chi connectivity index (χ0) is 14.9. The number of ether oxygens (including phenoxy) is 1. The van der Waals surface area contributed by atoms with E-state index in [0.29, 0.717) is 12.5 Å². The molecule has 21 heavy (non-hydrogen) atoms. The molecule has 0 saturated carbocycles. The van der Waals surface area contributed by atoms with Crippen molar-refractivity contribution in [2.24, 2.45) is 10.7 Å². The first-order chi connectivity index (χ1) is 10.3. The smallest absolute Gasteiger partial charge is 0.191 e. The van der Waals surface area contributed by atoms with E-state index in [2.05, 4.69) is 28.9 Å². The third-order valence-corrected chi connectivity index (χ3v) is 3.77. The molecule has 116 valence electrons. The van der Waals surface area contributed by atoms with Gasteiger partial charge in [-0.2, -0.15) is 0 Å². The van der Waals surface area contributed by atoms with Crippen LogP contribution in [0.3, 0.4) is 0 Å². The van der Waals surface area contributed by atoms with Crippen LogP contribution in [0.4, 0.5) is 0 Å². The molecule has 0 radical (unpaired) electrons. The number of rotatable bonds is 6. The zero-order valence-electron chi connectivity index (χ0n) is 13.1. The molecule has 4 heteroatoms. The predicted octanol–water partition coefficient (Wildman–Crippen LogP) is 3.17. The molecule has 1 aromatic rings. The van der Waals surface area contributed by atoms with Crippen LogP contribution in [-0.4, -0.2) is 30.6 Å². The minimum absolute atomic E-state index is 0.618. The van der Waals surface area contributed by atoms with Gasteiger partial charge in [0, 0.05) is 13.1 Å². The summed E-state index contributed by atoms with van der Waals surface area (Å²) in [6.45, 7) is 5.63. The number of guanidine groups is 1. The van der Waals surface area contributed by atoms with E-state index < -0.39 is 0 Å². The number of hydrogen-bond donors (Lipinski definition) is 1. The van der Waals surface area contributed by atoms with Crippen molar-refractivity contribution in [3.8, 4) is 5.75 Å². The Balaban J connectivity index is 1.88. The molecule has 1 aliphatic heterocycles. The highest BCUT2D eigenvalue weighted by Gasteiger charge is 2.11. The summed E-state index contributed by atoms with van der Waals surface area (Å²) in [5, 5.41) is 0. The van der Waals surface area contributed by atoms with Gasteiger partial charge < -0.3 is 15.4 Å². The van der Waals surface area contributed by atoms with Crippen LogP contribution in [-0.2, 0) is 6.54 Å². The van der Waals surface area contributed by atoms with Crippen molar-refractivity contribution in [3.05, 3.63) is 29.8 Å². The topological polar surface area (TPSA) is 50.9 Å². The van der Waals surface area contributed by atoms with Crippen LogP contribution < -0.4 is 10.5 Å². The van der Waals surface area contributed by atoms with Crippen molar-refractivity contribution in [2.75, 3.05) is 19.7 Å². The van der Waals surface area contributed by atoms with Crippen molar-refractivity contribution >= 4 is 5.96 Å². The van der Waals surface area contributed by atoms with Gasteiger partial charge in [0.2, 0.25) is 0 Å². The summed E-state index contributed by atoms with van der Waals surface area (Å²) in [6.07, 6.45) is 5.98. The molecule has 2 N–H and O–H groups in total. The van der Waals surface area contributed by atoms with Gasteiger partial charge in [0.1, 0.15) is 5.75 Å². The number of nitrogens with zero attached hydrogens (tertiary/aromatic N) is 2. The van der Waals surface area contributed by atoms with Crippen LogP contribution in [0.1, 0.15) is 44.6 Å². The van der Waals surface area contributed by atoms with Gasteiger partial charge in [0.05, 0.1) is 13.2 Å². The maximum atomic E-state index is 6.08. The highest BCUT2D eigenvalue weighted by atomic mass is 16.5. The van der Waals surface area contributed by atoms with Gasteiger partial charge >= 0.3 is 0 Å². The first-order valence-electron chi connectivity index (χ1n) is 8.06. The number of likely N-dealkylation sites (tertiary alicyclic amines) is 1. The summed E-state index contributed by atoms with van der Waals surface area (Å²) in [5.41, 5.74) is 7.22. The third kappa shape index (κ3) is 5.29. The summed E-state index contributed by atoms with van der Waals surface area (Å²) in [5.74, 6) is 1.60. The number of unbranched alkanes of at least 4 members (excludes halogenated alkanes) is 1. The highest BCUT2D eigenvalue weighted by Crippen LogP contribution is 2.15. The molecule has 1 fully saturated rings. The lowest BCUT2D eigenvalue weighted by Crippen LogP contribution is -2.40. The van der Waals surface area contributed by atoms with Crippen molar-refractivity contribution in [2.45, 2.75) is 45.6 Å². The van der Waals surface area contributed by atoms with Crippen molar-refractivity contribution in [1.82, 2.24) is 4.90 Å². The van der Waals surface area contributed by atoms with Crippen molar-refractivity contribution in [3.63, 3.8) is 0 Å². The molecule has 1 aromatic carbocycles. The van der Waals surface area contributed by atoms with E-state index in [1.54, 1.807) is 0 Å². The van der Waals surface area contributed by atoms with Crippen LogP contribution in [0, 0.1) is 0 Å². The Morgan fingerprint density at radius 2 is 2.10 bits per heavy atom. The highest BCUT2D eigenvalue weighted by molar-refractivity contribution is 5.78. The molecule has 0 unspecified atom stereocenters. The van der Waals surface area contributed by atoms with Crippen LogP contribution in [0.2, 0.25) is 0 Å². The Bertz CT molecular complexity index is 453. The fraction of sp³-hybridized carbons (Fsp3) is 0.588. The fourth-order valence-electron chi connectivity index (χ4n) is 2.46. The molecule has 2 rings (SSSR count). The maximum absolute atomic E-state index is 6.08. The minimum Gasteiger partial charge on any atom is -0.494 e. The fourth-order valence-corrected chi connectivity index (χ4v) is 2.46. The van der Waals surface area contributed by atoms with E-state index in [9.17, 15) is 0 Å². The lowest BCUT2D eigenvalue weighted by molar-refractivity contribution is 0.309. The molecule has 4 nitrogen and oxygen atoms in total. The Hall–Kier alpha value is -1.71. The normalized spacial score (nSPS) is 16.0. The van der Waals surface area contributed by atoms with E-state index >= 15 is 0 Å². The molecule has 1 saturated heterocycles. The van der Waals surface area contributed by atoms with Gasteiger partial charge in [-0.3, -0.25) is 0 Å². The van der Waals surface area contributed by atoms with Gasteiger partial charge in [-0.15, -0.1) is 0 Å². The van der Waals surface area contributed by atoms with Crippen LogP contribution in [0.5, 0.6) is 5.75 Å². The average molecular weight is 289 g/mol. The molecule has 1 aliphatic rings. The summed E-state index contributed by atoms with van der Waals surface area (Å²) >= 11 is 0. The van der Waals surface area contributed by atoms with Crippen LogP contribution >= 0.6 is 0 Å². The third-order valence-electron chi connectivity index (χ3n) is 3.77. The van der Waals surface area contributed by atoms with Crippen molar-refractivity contribution < 1.29 is 4.74 Å². The van der Waals surface area contributed by atoms with Gasteiger partial charge in [0.15, 0.2) is 5.96 Å². The lowest BCUT2D eigenvalue weighted by atomic mass is 10.1. The first kappa shape index (κ1) is 15.7. The van der Waals surface area contributed by atoms with E-state index in [0.717, 1.165) is 43.9 Å². The molecular weight excluding hydrogens is 262 g/mol. The molecule has 1 heterocycles. The standard InChI is InChI=1S/C17H27N3O/c1-2-3-12-21-16-9-7-8-15(13-16)14-19-17(18)20-10-5-4-6-11-20/h7-9,13H,2-6,10-12,14H2,1H3,(H2,18,19). The Morgan fingerprint density at radius 3 is 2.86 bits per heavy atom. The minimum atomic E-state index is 0.618. The van der Waals surface area contributed by atoms with E-state index in [-0.39, 0.29) is 0 Å². The maximum Gasteiger partial charge on any atom is 0.191 e. The molecule has 0 aromatic heterocycles. The summed E-state index contributed by atoms with van der Waals surface area (Å²) in [4.78, 5) is 6.71. The summed E-state index contributed by atoms with van der Waals surface area (Å²) in [6, 6.07) is 8.14. The summed E-state index contributed by atoms with van der Waals surface area (Å²) in [7, 11) is 0. The SMILES string of the molecule is CCCCOc1cccc(CN=C(N)N2CCCCC2)c1. The van der Waals surface area contributed by atoms with E-state index in [1.807, 2.05) is 12.1 Å². The monoisotopic (exact) mass is 289 g/mol. The van der Waals surface area contributed by atoms with Crippen molar-refractivity contribution in [1.29, 1.82) is 0 Å². The molecule has 0 aliphatic carbocycles. The lowest BCUT2D eigenvalue weighted by Gasteiger charge is -2.27. The molecule has 0 spiro atoms. The quantitative estimate of drug-likeness (QED) is 0.497. The second-order valence-electron chi connectivity index (χ2n) is 5.57. The molecule has 0 atom stereocenters. The Kier molecular flexibility index (Phi) is 6.38. The Labute approximate surface area is 128 Å². The van der Waals surface area contributed by atoms with Crippen LogP contribution in [0.15, 0.2) is 29.3 Å². The van der Waals surface area contributed by atoms with Gasteiger partial charge in [-0.1, -0.05) is 25.5 Å². The molecule has 0 amide bonds. The number of nitrogens with two attached hydrogens (primary N) is 1. The van der Waals surface area contributed by atoms with Crippen LogP contribution in [0.25, 0.3) is 0 Å². The number of benzene rings is 1. The predicted molar refractivity (Wildman–Crippen MR) is 87.6 cm³/mol. The Morgan fingerprint density at radius 1 is 1.29 bits per heavy atom. The zero-order valence-corrected chi connectivity index (χ0v) is 13.1. The molecular formula is C17H27N3O. The number of aliphatic imine (C=N–C) groups is 1. The second kappa shape index (κ2) is 8.55. The number of piperidine rings is 1. The largest absolute Gasteiger partial charge is 0.494 e. The van der Waals surface area contributed by atoms with E-state index in [1.165, 1.54) is 19.3 Å². The second-order valence-corrected chi connectivity index (χ2v) is 5.57. The summed E-state index contributed by atoms with van der Waals surface area (Å²) < 4.78 is 5.72. The first-order valence-corrected chi connectivity index (χ1v) is 8.06. The number of hydrogen-bond acceptors (Lipinski definition) is 2.